The number of carbonyl (C=O) groups is 1. The van der Waals surface area contributed by atoms with Crippen LogP contribution in [-0.4, -0.2) is 56.0 Å². The smallest absolute Gasteiger partial charge is 0.315 e. The molecule has 2 amide bonds. The molecular weight excluding hydrogens is 606 g/mol. The fourth-order valence-corrected chi connectivity index (χ4v) is 6.59. The Kier molecular flexibility index (Phi) is 10.9. The minimum Gasteiger partial charge on any atom is -0.493 e. The van der Waals surface area contributed by atoms with Gasteiger partial charge in [0.15, 0.2) is 17.8 Å². The van der Waals surface area contributed by atoms with Crippen molar-refractivity contribution in [2.45, 2.75) is 58.0 Å². The summed E-state index contributed by atoms with van der Waals surface area (Å²) >= 11 is 0. The van der Waals surface area contributed by atoms with Gasteiger partial charge < -0.3 is 34.7 Å². The van der Waals surface area contributed by atoms with E-state index in [9.17, 15) is 9.90 Å². The lowest BCUT2D eigenvalue weighted by molar-refractivity contribution is -0.253. The van der Waals surface area contributed by atoms with Crippen molar-refractivity contribution in [2.24, 2.45) is 0 Å². The van der Waals surface area contributed by atoms with Crippen LogP contribution in [0.15, 0.2) is 84.9 Å². The predicted octanol–water partition coefficient (Wildman–Crippen LogP) is 6.29. The molecule has 0 bridgehead atoms. The van der Waals surface area contributed by atoms with Crippen molar-refractivity contribution >= 4 is 6.03 Å². The maximum absolute atomic E-state index is 12.0. The normalized spacial score (nSPS) is 19.3. The maximum atomic E-state index is 12.0. The van der Waals surface area contributed by atoms with Crippen molar-refractivity contribution in [1.82, 2.24) is 15.5 Å². The Labute approximate surface area is 282 Å². The van der Waals surface area contributed by atoms with E-state index in [1.54, 1.807) is 14.2 Å². The highest BCUT2D eigenvalue weighted by Gasteiger charge is 2.34. The number of ether oxygens (including phenoxy) is 4. The number of nitrogens with one attached hydrogen (secondary N) is 2. The average Bonchev–Trinajstić information content (AvgIpc) is 3.13. The van der Waals surface area contributed by atoms with Crippen molar-refractivity contribution < 1.29 is 28.8 Å². The third-order valence-corrected chi connectivity index (χ3v) is 9.16. The summed E-state index contributed by atoms with van der Waals surface area (Å²) in [6.45, 7) is 5.40. The number of rotatable bonds is 11. The van der Waals surface area contributed by atoms with Gasteiger partial charge in [-0.1, -0.05) is 72.8 Å². The van der Waals surface area contributed by atoms with E-state index in [4.69, 9.17) is 18.9 Å². The van der Waals surface area contributed by atoms with Crippen molar-refractivity contribution in [1.29, 1.82) is 0 Å². The Morgan fingerprint density at radius 1 is 0.896 bits per heavy atom. The van der Waals surface area contributed by atoms with E-state index in [0.717, 1.165) is 70.9 Å². The molecule has 3 unspecified atom stereocenters. The maximum Gasteiger partial charge on any atom is 0.315 e. The van der Waals surface area contributed by atoms with Gasteiger partial charge in [0, 0.05) is 44.7 Å². The van der Waals surface area contributed by atoms with Gasteiger partial charge in [-0.3, -0.25) is 4.90 Å². The molecule has 0 aromatic heterocycles. The molecule has 6 rings (SSSR count). The number of urea groups is 1. The van der Waals surface area contributed by atoms with Gasteiger partial charge in [-0.05, 0) is 64.4 Å². The van der Waals surface area contributed by atoms with Crippen LogP contribution in [0.5, 0.6) is 11.5 Å². The van der Waals surface area contributed by atoms with Crippen LogP contribution in [0.25, 0.3) is 11.1 Å². The fourth-order valence-electron chi connectivity index (χ4n) is 6.59. The van der Waals surface area contributed by atoms with Crippen LogP contribution < -0.4 is 20.1 Å². The second-order valence-electron chi connectivity index (χ2n) is 12.3. The molecule has 0 radical (unpaired) electrons. The van der Waals surface area contributed by atoms with Crippen LogP contribution in [0, 0.1) is 0 Å². The van der Waals surface area contributed by atoms with Crippen LogP contribution in [0.3, 0.4) is 0 Å². The van der Waals surface area contributed by atoms with E-state index in [0.29, 0.717) is 19.5 Å². The molecule has 2 aliphatic heterocycles. The molecule has 1 saturated heterocycles. The predicted molar refractivity (Wildman–Crippen MR) is 185 cm³/mol. The molecule has 1 fully saturated rings. The molecule has 9 heteroatoms. The van der Waals surface area contributed by atoms with Crippen LogP contribution in [0.2, 0.25) is 0 Å². The highest BCUT2D eigenvalue weighted by atomic mass is 16.7. The summed E-state index contributed by atoms with van der Waals surface area (Å²) in [6, 6.07) is 28.4. The first-order chi connectivity index (χ1) is 23.5. The molecule has 9 nitrogen and oxygen atoms in total. The molecule has 48 heavy (non-hydrogen) atoms. The lowest BCUT2D eigenvalue weighted by Gasteiger charge is -2.39. The highest BCUT2D eigenvalue weighted by molar-refractivity contribution is 5.74. The van der Waals surface area contributed by atoms with E-state index >= 15 is 0 Å². The van der Waals surface area contributed by atoms with Crippen LogP contribution in [0.1, 0.15) is 59.1 Å². The number of amides is 2. The van der Waals surface area contributed by atoms with E-state index in [1.165, 1.54) is 11.1 Å². The molecule has 0 spiro atoms. The third-order valence-electron chi connectivity index (χ3n) is 9.16. The second kappa shape index (κ2) is 15.7. The number of carbonyl (C=O) groups excluding carboxylic acids is 1. The summed E-state index contributed by atoms with van der Waals surface area (Å²) in [5.41, 5.74) is 8.56. The van der Waals surface area contributed by atoms with Gasteiger partial charge in [-0.2, -0.15) is 0 Å². The van der Waals surface area contributed by atoms with Gasteiger partial charge in [-0.15, -0.1) is 0 Å². The first kappa shape index (κ1) is 33.5. The number of nitrogens with zero attached hydrogens (tertiary/aromatic N) is 1. The lowest BCUT2D eigenvalue weighted by Crippen LogP contribution is -2.41. The monoisotopic (exact) mass is 651 g/mol. The Morgan fingerprint density at radius 2 is 1.60 bits per heavy atom. The molecule has 3 atom stereocenters. The van der Waals surface area contributed by atoms with E-state index in [-0.39, 0.29) is 24.8 Å². The van der Waals surface area contributed by atoms with Crippen LogP contribution in [0.4, 0.5) is 4.79 Å². The summed E-state index contributed by atoms with van der Waals surface area (Å²) in [5, 5.41) is 15.3. The van der Waals surface area contributed by atoms with Crippen molar-refractivity contribution in [3.8, 4) is 22.6 Å². The van der Waals surface area contributed by atoms with E-state index < -0.39 is 6.29 Å². The molecule has 2 heterocycles. The minimum atomic E-state index is -0.545. The van der Waals surface area contributed by atoms with Gasteiger partial charge in [-0.25, -0.2) is 4.79 Å². The summed E-state index contributed by atoms with van der Waals surface area (Å²) in [6.07, 6.45) is 0.874. The second-order valence-corrected chi connectivity index (χ2v) is 12.3. The number of methoxy groups -OCH3 is 2. The Balaban J connectivity index is 1.20. The molecule has 4 aromatic carbocycles. The molecule has 3 N–H and O–H groups in total. The van der Waals surface area contributed by atoms with Crippen LogP contribution in [-0.2, 0) is 35.6 Å². The van der Waals surface area contributed by atoms with Gasteiger partial charge in [0.25, 0.3) is 0 Å². The number of aliphatic hydroxyl groups is 1. The topological polar surface area (TPSA) is 102 Å². The number of benzene rings is 4. The van der Waals surface area contributed by atoms with Gasteiger partial charge in [0.05, 0.1) is 33.0 Å². The quantitative estimate of drug-likeness (QED) is 0.175. The SMILES string of the molecule is CCNC(=O)NCc1ccccc1-c1ccc(C2OC(CN3CCc4cc(OC)c(OC)cc4C3)CC(c3ccc(CO)cc3)O2)cc1. The minimum absolute atomic E-state index is 0.00470. The average molecular weight is 652 g/mol. The fraction of sp³-hybridized carbons (Fsp3) is 0.359. The lowest BCUT2D eigenvalue weighted by atomic mass is 9.96. The van der Waals surface area contributed by atoms with Crippen molar-refractivity contribution in [3.05, 3.63) is 118 Å². The Bertz CT molecular complexity index is 1680. The highest BCUT2D eigenvalue weighted by Crippen LogP contribution is 2.40. The summed E-state index contributed by atoms with van der Waals surface area (Å²) < 4.78 is 24.4. The Hall–Kier alpha value is -4.41. The first-order valence-corrected chi connectivity index (χ1v) is 16.6. The zero-order chi connectivity index (χ0) is 33.5. The summed E-state index contributed by atoms with van der Waals surface area (Å²) in [5.74, 6) is 1.51. The standard InChI is InChI=1S/C39H45N3O6/c1-4-40-39(44)41-22-31-7-5-6-8-34(31)27-13-15-29(16-14-27)38-47-33(21-35(48-38)28-11-9-26(25-43)10-12-28)24-42-18-17-30-19-36(45-2)37(46-3)20-32(30)23-42/h5-16,19-20,33,35,38,43H,4,17-18,21-25H2,1-3H3,(H2,40,41,44). The molecule has 0 aliphatic carbocycles. The van der Waals surface area contributed by atoms with Gasteiger partial charge >= 0.3 is 6.03 Å². The molecule has 0 saturated carbocycles. The first-order valence-electron chi connectivity index (χ1n) is 16.6. The van der Waals surface area contributed by atoms with Crippen LogP contribution >= 0.6 is 0 Å². The number of hydrogen-bond acceptors (Lipinski definition) is 7. The molecule has 4 aromatic rings. The van der Waals surface area contributed by atoms with Gasteiger partial charge in [0.1, 0.15) is 0 Å². The third kappa shape index (κ3) is 7.82. The van der Waals surface area contributed by atoms with Gasteiger partial charge in [0.2, 0.25) is 0 Å². The molecule has 252 valence electrons. The van der Waals surface area contributed by atoms with Crippen molar-refractivity contribution in [3.63, 3.8) is 0 Å². The van der Waals surface area contributed by atoms with Crippen molar-refractivity contribution in [2.75, 3.05) is 33.9 Å². The van der Waals surface area contributed by atoms with E-state index in [1.807, 2.05) is 49.4 Å². The molecule has 2 aliphatic rings. The summed E-state index contributed by atoms with van der Waals surface area (Å²) in [7, 11) is 3.35. The zero-order valence-corrected chi connectivity index (χ0v) is 27.9. The molecular formula is C39H45N3O6. The largest absolute Gasteiger partial charge is 0.493 e. The number of fused-ring (bicyclic) bond motifs is 1. The number of hydrogen-bond donors (Lipinski definition) is 3. The Morgan fingerprint density at radius 3 is 2.31 bits per heavy atom. The number of aliphatic hydroxyl groups excluding tert-OH is 1. The summed E-state index contributed by atoms with van der Waals surface area (Å²) in [4.78, 5) is 14.5. The van der Waals surface area contributed by atoms with E-state index in [2.05, 4.69) is 58.0 Å². The zero-order valence-electron chi connectivity index (χ0n) is 27.9.